The van der Waals surface area contributed by atoms with Crippen molar-refractivity contribution >= 4 is 29.5 Å². The molecule has 228 valence electrons. The smallest absolute Gasteiger partial charge is 0.252 e. The zero-order chi connectivity index (χ0) is 31.7. The molecule has 10 nitrogen and oxygen atoms in total. The van der Waals surface area contributed by atoms with Gasteiger partial charge in [-0.2, -0.15) is 0 Å². The van der Waals surface area contributed by atoms with E-state index in [1.54, 1.807) is 40.7 Å². The highest BCUT2D eigenvalue weighted by molar-refractivity contribution is 6.26. The molecule has 41 heavy (non-hydrogen) atoms. The molecule has 0 fully saturated rings. The number of hydrogen-bond donors (Lipinski definition) is 4. The maximum atomic E-state index is 14.6. The number of Topliss-reactive ketones (excluding diaryl/α,β-unsaturated/α-hetero) is 3. The van der Waals surface area contributed by atoms with Crippen LogP contribution in [0, 0.1) is 11.8 Å². The van der Waals surface area contributed by atoms with Crippen LogP contribution < -0.4 is 11.5 Å². The number of aldehydes is 1. The van der Waals surface area contributed by atoms with E-state index in [2.05, 4.69) is 6.58 Å². The van der Waals surface area contributed by atoms with Gasteiger partial charge in [0.15, 0.2) is 34.6 Å². The van der Waals surface area contributed by atoms with Crippen molar-refractivity contribution in [1.82, 2.24) is 4.90 Å². The summed E-state index contributed by atoms with van der Waals surface area (Å²) in [7, 11) is 1.08. The number of hydrogen-bond acceptors (Lipinski definition) is 9. The minimum absolute atomic E-state index is 0.0590. The molecule has 0 aliphatic rings. The molecule has 1 aromatic rings. The Morgan fingerprint density at radius 3 is 1.95 bits per heavy atom. The summed E-state index contributed by atoms with van der Waals surface area (Å²) in [6, 6.07) is 6.00. The third-order valence-electron chi connectivity index (χ3n) is 7.23. The second kappa shape index (κ2) is 15.3. The van der Waals surface area contributed by atoms with Crippen molar-refractivity contribution in [3.05, 3.63) is 48.0 Å². The summed E-state index contributed by atoms with van der Waals surface area (Å²) in [5.41, 5.74) is 6.86. The molecule has 5 atom stereocenters. The second-order valence-electron chi connectivity index (χ2n) is 11.6. The van der Waals surface area contributed by atoms with Crippen molar-refractivity contribution in [3.63, 3.8) is 0 Å². The molecule has 0 radical (unpaired) electrons. The van der Waals surface area contributed by atoms with Crippen LogP contribution in [0.5, 0.6) is 0 Å². The Bertz CT molecular complexity index is 1100. The van der Waals surface area contributed by atoms with Gasteiger partial charge in [-0.15, -0.1) is 6.58 Å². The molecule has 0 aliphatic carbocycles. The normalized spacial score (nSPS) is 16.7. The summed E-state index contributed by atoms with van der Waals surface area (Å²) < 4.78 is 0. The van der Waals surface area contributed by atoms with Crippen molar-refractivity contribution in [1.29, 1.82) is 0 Å². The quantitative estimate of drug-likeness (QED) is 0.115. The molecule has 0 aliphatic heterocycles. The molecule has 1 rings (SSSR count). The van der Waals surface area contributed by atoms with Gasteiger partial charge >= 0.3 is 0 Å². The van der Waals surface area contributed by atoms with Gasteiger partial charge in [-0.05, 0) is 43.7 Å². The lowest BCUT2D eigenvalue weighted by atomic mass is 9.55. The fourth-order valence-electron chi connectivity index (χ4n) is 5.41. The Labute approximate surface area is 243 Å². The molecule has 0 spiro atoms. The molecule has 0 bridgehead atoms. The van der Waals surface area contributed by atoms with Crippen LogP contribution in [0.2, 0.25) is 0 Å². The van der Waals surface area contributed by atoms with Gasteiger partial charge in [-0.1, -0.05) is 63.6 Å². The molecule has 0 unspecified atom stereocenters. The molecule has 10 heteroatoms. The molecule has 1 aromatic carbocycles. The largest absolute Gasteiger partial charge is 0.385 e. The van der Waals surface area contributed by atoms with Crippen LogP contribution in [0.1, 0.15) is 65.9 Å². The van der Waals surface area contributed by atoms with Gasteiger partial charge in [0.25, 0.3) is 5.91 Å². The third kappa shape index (κ3) is 7.43. The van der Waals surface area contributed by atoms with Crippen molar-refractivity contribution < 1.29 is 34.2 Å². The maximum Gasteiger partial charge on any atom is 0.252 e. The predicted octanol–water partition coefficient (Wildman–Crippen LogP) is 1.48. The van der Waals surface area contributed by atoms with E-state index in [1.165, 1.54) is 24.3 Å². The number of aliphatic hydroxyl groups excluding tert-OH is 2. The predicted molar refractivity (Wildman–Crippen MR) is 157 cm³/mol. The first kappa shape index (κ1) is 36.0. The van der Waals surface area contributed by atoms with E-state index in [1.807, 2.05) is 0 Å². The Balaban J connectivity index is 4.43. The van der Waals surface area contributed by atoms with Gasteiger partial charge in [0.2, 0.25) is 0 Å². The first-order valence-electron chi connectivity index (χ1n) is 13.9. The summed E-state index contributed by atoms with van der Waals surface area (Å²) in [6.07, 6.45) is -4.17. The average Bonchev–Trinajstić information content (AvgIpc) is 2.89. The number of benzene rings is 1. The van der Waals surface area contributed by atoms with Gasteiger partial charge < -0.3 is 31.4 Å². The van der Waals surface area contributed by atoms with E-state index in [9.17, 15) is 34.2 Å². The summed E-state index contributed by atoms with van der Waals surface area (Å²) >= 11 is 0. The van der Waals surface area contributed by atoms with Crippen molar-refractivity contribution in [2.75, 3.05) is 13.6 Å². The highest BCUT2D eigenvalue weighted by Gasteiger charge is 2.70. The van der Waals surface area contributed by atoms with Gasteiger partial charge in [-0.25, -0.2) is 0 Å². The van der Waals surface area contributed by atoms with Crippen LogP contribution in [-0.2, 0) is 29.4 Å². The Morgan fingerprint density at radius 1 is 0.976 bits per heavy atom. The summed E-state index contributed by atoms with van der Waals surface area (Å²) in [5, 5.41) is 22.0. The molecule has 0 aromatic heterocycles. The zero-order valence-electron chi connectivity index (χ0n) is 25.1. The number of carbonyl (C=O) groups is 5. The van der Waals surface area contributed by atoms with E-state index < -0.39 is 58.9 Å². The molecular formula is C31H47N3O7. The fraction of sp³-hybridized carbons (Fsp3) is 0.581. The molecule has 0 heterocycles. The molecule has 0 saturated heterocycles. The minimum Gasteiger partial charge on any atom is -0.385 e. The topological polar surface area (TPSA) is 181 Å². The molecular weight excluding hydrogens is 526 g/mol. The van der Waals surface area contributed by atoms with Crippen LogP contribution in [-0.4, -0.2) is 82.0 Å². The lowest BCUT2D eigenvalue weighted by Gasteiger charge is -2.50. The van der Waals surface area contributed by atoms with Gasteiger partial charge in [0, 0.05) is 19.9 Å². The number of ketones is 3. The number of rotatable bonds is 18. The van der Waals surface area contributed by atoms with Gasteiger partial charge in [0.05, 0.1) is 6.04 Å². The van der Waals surface area contributed by atoms with Crippen molar-refractivity contribution in [3.8, 4) is 0 Å². The number of nitrogens with zero attached hydrogens (tertiary/aromatic N) is 1. The SMILES string of the molecule is C=C(C)C[C@H](O)C(=O)N(C)[C@@](C=O)(C(=O)[C@@H](N)CC(C)C)[C@](C(=O)CCN)(C(=O)[C@H](O)CC(C)C)c1ccccc1. The number of likely N-dealkylation sites (N-methyl/N-ethyl adjacent to an activating group) is 1. The van der Waals surface area contributed by atoms with Crippen LogP contribution in [0.25, 0.3) is 0 Å². The molecule has 6 N–H and O–H groups in total. The average molecular weight is 574 g/mol. The van der Waals surface area contributed by atoms with Crippen molar-refractivity contribution in [2.24, 2.45) is 23.3 Å². The monoisotopic (exact) mass is 573 g/mol. The lowest BCUT2D eigenvalue weighted by molar-refractivity contribution is -0.167. The van der Waals surface area contributed by atoms with E-state index >= 15 is 0 Å². The maximum absolute atomic E-state index is 14.6. The number of amides is 1. The first-order valence-corrected chi connectivity index (χ1v) is 13.9. The highest BCUT2D eigenvalue weighted by atomic mass is 16.3. The van der Waals surface area contributed by atoms with Crippen molar-refractivity contribution in [2.45, 2.75) is 89.5 Å². The Kier molecular flexibility index (Phi) is 13.4. The van der Waals surface area contributed by atoms with Gasteiger partial charge in [0.1, 0.15) is 12.2 Å². The Hall–Kier alpha value is -3.05. The van der Waals surface area contributed by atoms with E-state index in [0.29, 0.717) is 10.5 Å². The van der Waals surface area contributed by atoms with Crippen LogP contribution >= 0.6 is 0 Å². The summed E-state index contributed by atoms with van der Waals surface area (Å²) in [4.78, 5) is 71.4. The fourth-order valence-corrected chi connectivity index (χ4v) is 5.41. The second-order valence-corrected chi connectivity index (χ2v) is 11.6. The zero-order valence-corrected chi connectivity index (χ0v) is 25.1. The standard InChI is InChI=1S/C31H47N3O7/c1-19(2)15-23(33)27(39)30(18-35,34(7)29(41)25(37)17-21(5)6)31(26(38)13-14-32,22-11-9-8-10-12-22)28(40)24(36)16-20(3)4/h8-12,18-20,23-25,36-37H,5,13-17,32-33H2,1-4,6-7H3/t23-,24+,25-,30-,31+/m0/s1. The first-order chi connectivity index (χ1) is 19.1. The van der Waals surface area contributed by atoms with E-state index in [4.69, 9.17) is 11.5 Å². The van der Waals surface area contributed by atoms with Gasteiger partial charge in [-0.3, -0.25) is 19.2 Å². The molecule has 1 amide bonds. The number of carbonyl (C=O) groups excluding carboxylic acids is 5. The van der Waals surface area contributed by atoms with E-state index in [0.717, 1.165) is 7.05 Å². The Morgan fingerprint density at radius 2 is 1.51 bits per heavy atom. The number of aliphatic hydroxyl groups is 2. The lowest BCUT2D eigenvalue weighted by Crippen LogP contribution is -2.77. The summed E-state index contributed by atoms with van der Waals surface area (Å²) in [5.74, 6) is -4.60. The van der Waals surface area contributed by atoms with Crippen LogP contribution in [0.15, 0.2) is 42.5 Å². The van der Waals surface area contributed by atoms with Crippen LogP contribution in [0.3, 0.4) is 0 Å². The number of nitrogens with two attached hydrogens (primary N) is 2. The summed E-state index contributed by atoms with van der Waals surface area (Å²) in [6.45, 7) is 12.1. The van der Waals surface area contributed by atoms with E-state index in [-0.39, 0.29) is 49.5 Å². The molecule has 0 saturated carbocycles. The minimum atomic E-state index is -2.88. The third-order valence-corrected chi connectivity index (χ3v) is 7.23. The highest BCUT2D eigenvalue weighted by Crippen LogP contribution is 2.44. The van der Waals surface area contributed by atoms with Crippen LogP contribution in [0.4, 0.5) is 0 Å².